The normalized spacial score (nSPS) is 27.1. The number of hydrogen-bond acceptors (Lipinski definition) is 9. The molecule has 3 aliphatic heterocycles. The Labute approximate surface area is 608 Å². The molecule has 0 amide bonds. The molecule has 11 atom stereocenters. The molecule has 9 rings (SSSR count). The summed E-state index contributed by atoms with van der Waals surface area (Å²) in [6.07, 6.45) is 42.5. The molecule has 0 radical (unpaired) electrons. The summed E-state index contributed by atoms with van der Waals surface area (Å²) in [5.41, 5.74) is 14.4. The summed E-state index contributed by atoms with van der Waals surface area (Å²) >= 11 is 0. The maximum atomic E-state index is 11.6. The Balaban J connectivity index is 0.000000569. The molecule has 4 N–H and O–H groups in total. The van der Waals surface area contributed by atoms with Gasteiger partial charge in [0.15, 0.2) is 5.78 Å². The van der Waals surface area contributed by atoms with E-state index in [1.54, 1.807) is 44.8 Å². The van der Waals surface area contributed by atoms with E-state index >= 15 is 0 Å². The van der Waals surface area contributed by atoms with Crippen molar-refractivity contribution in [1.29, 1.82) is 0 Å². The van der Waals surface area contributed by atoms with Gasteiger partial charge in [-0.05, 0) is 318 Å². The summed E-state index contributed by atoms with van der Waals surface area (Å²) in [4.78, 5) is 22.8. The number of fused-ring (bicyclic) bond motifs is 4. The minimum absolute atomic E-state index is 0.0188. The third-order valence-corrected chi connectivity index (χ3v) is 22.6. The average molecular weight is 1380 g/mol. The number of hydrogen-bond donors (Lipinski definition) is 4. The molecule has 564 valence electrons. The molecule has 7 fully saturated rings. The van der Waals surface area contributed by atoms with Crippen LogP contribution in [0.25, 0.3) is 0 Å². The average Bonchev–Trinajstić information content (AvgIpc) is 1.76. The second-order valence-electron chi connectivity index (χ2n) is 34.0. The van der Waals surface area contributed by atoms with E-state index in [0.717, 1.165) is 68.8 Å². The number of cyclic esters (lactones) is 1. The highest BCUT2D eigenvalue weighted by Crippen LogP contribution is 2.56. The van der Waals surface area contributed by atoms with Crippen molar-refractivity contribution in [1.82, 2.24) is 0 Å². The van der Waals surface area contributed by atoms with Crippen LogP contribution >= 0.6 is 0 Å². The van der Waals surface area contributed by atoms with E-state index in [4.69, 9.17) is 24.1 Å². The van der Waals surface area contributed by atoms with Crippen molar-refractivity contribution in [3.05, 3.63) is 155 Å². The zero-order chi connectivity index (χ0) is 75.9. The van der Waals surface area contributed by atoms with Crippen LogP contribution in [0.2, 0.25) is 0 Å². The van der Waals surface area contributed by atoms with Crippen molar-refractivity contribution >= 4 is 11.8 Å². The summed E-state index contributed by atoms with van der Waals surface area (Å²) in [7, 11) is 0. The predicted molar refractivity (Wildman–Crippen MR) is 423 cm³/mol. The van der Waals surface area contributed by atoms with Crippen LogP contribution < -0.4 is 0 Å². The zero-order valence-electron chi connectivity index (χ0n) is 68.0. The van der Waals surface area contributed by atoms with Crippen LogP contribution in [0.4, 0.5) is 0 Å². The van der Waals surface area contributed by atoms with E-state index in [1.807, 2.05) is 52.2 Å². The van der Waals surface area contributed by atoms with Gasteiger partial charge in [-0.25, -0.2) is 0 Å². The maximum absolute atomic E-state index is 11.6. The first kappa shape index (κ1) is 92.4. The molecule has 9 nitrogen and oxygen atoms in total. The quantitative estimate of drug-likeness (QED) is 0.0740. The highest BCUT2D eigenvalue weighted by molar-refractivity contribution is 5.92. The van der Waals surface area contributed by atoms with Gasteiger partial charge < -0.3 is 34.3 Å². The molecule has 5 aliphatic carbocycles. The number of aryl methyl sites for hydroxylation is 1. The number of allylic oxidation sites excluding steroid dienone is 14. The second kappa shape index (κ2) is 44.1. The summed E-state index contributed by atoms with van der Waals surface area (Å²) in [6, 6.07) is 2.03. The lowest BCUT2D eigenvalue weighted by Gasteiger charge is -2.54. The summed E-state index contributed by atoms with van der Waals surface area (Å²) in [5, 5.41) is 36.9. The summed E-state index contributed by atoms with van der Waals surface area (Å²) in [5.74, 6) is 4.79. The van der Waals surface area contributed by atoms with Crippen LogP contribution in [0.5, 0.6) is 0 Å². The first-order valence-corrected chi connectivity index (χ1v) is 38.1. The topological polar surface area (TPSA) is 147 Å². The minimum Gasteiger partial charge on any atom is -0.472 e. The van der Waals surface area contributed by atoms with E-state index in [1.165, 1.54) is 127 Å². The lowest BCUT2D eigenvalue weighted by molar-refractivity contribution is -0.229. The van der Waals surface area contributed by atoms with Gasteiger partial charge in [-0.15, -0.1) is 13.2 Å². The van der Waals surface area contributed by atoms with E-state index < -0.39 is 11.2 Å². The van der Waals surface area contributed by atoms with Crippen molar-refractivity contribution in [2.45, 2.75) is 317 Å². The Bertz CT molecular complexity index is 2840. The number of ether oxygens (including phenoxy) is 2. The number of ketones is 1. The van der Waals surface area contributed by atoms with Crippen molar-refractivity contribution in [3.63, 3.8) is 0 Å². The van der Waals surface area contributed by atoms with Crippen LogP contribution in [-0.2, 0) is 25.5 Å². The Morgan fingerprint density at radius 2 is 1.35 bits per heavy atom. The lowest BCUT2D eigenvalue weighted by atomic mass is 9.57. The third kappa shape index (κ3) is 33.6. The van der Waals surface area contributed by atoms with Crippen LogP contribution in [-0.4, -0.2) is 74.4 Å². The molecular weight excluding hydrogens is 1220 g/mol. The Morgan fingerprint density at radius 1 is 0.747 bits per heavy atom. The summed E-state index contributed by atoms with van der Waals surface area (Å²) < 4.78 is 16.2. The predicted octanol–water partition coefficient (Wildman–Crippen LogP) is 23.6. The van der Waals surface area contributed by atoms with E-state index in [2.05, 4.69) is 168 Å². The standard InChI is InChI=1S/2C15H22O.C10H16O2.5C10H18O/c1-10(2)13-5-6-15(9-13)11(3)7-14(16)8-12(15)4;1-13(2)6-4-7-14(3)8-5-9-15-10-11-16-12-15;1-6-3-4-8-7(2)10(11)12-5-9(6)8;1-9(2)8-4-6-10(3,11-9)7-5-8;1-8(2)9-4-5-10(9,3)6-7-11;1-8(2)5-6-10(7-11)9(3)4;1-6-9(7-8(2)3)10(4,5)11;1-5-10(4,11)8-6-7-9(2)3/h7,12H,5-6,8-9H2,1-4H3;6,8,10-12H,4-5,7,9H2,1-3H3;6-9H,3-5H2,1-2H3;8H,4-7H2,1-3H3;9,11H,1,4-7H2,2-3H3;5,10-11H,3,6-7H2,1-2,4H3;6-7,9,11H,1H2,2-5H3;5,7,11H,1,6,8H2,2-4H3/b;14-8+;;;;;;/t;;6-,7-,8?,9?;;;;;/m..0...../s1. The number of furan rings is 1. The van der Waals surface area contributed by atoms with Crippen LogP contribution in [0, 0.1) is 64.1 Å². The summed E-state index contributed by atoms with van der Waals surface area (Å²) in [6.45, 7) is 66.6. The van der Waals surface area contributed by atoms with Crippen molar-refractivity contribution in [2.75, 3.05) is 19.8 Å². The molecular formula is C90H150O9. The van der Waals surface area contributed by atoms with E-state index in [-0.39, 0.29) is 41.5 Å². The van der Waals surface area contributed by atoms with Crippen LogP contribution in [0.3, 0.4) is 0 Å². The van der Waals surface area contributed by atoms with Gasteiger partial charge in [-0.2, -0.15) is 0 Å². The van der Waals surface area contributed by atoms with Gasteiger partial charge in [0.1, 0.15) is 0 Å². The molecule has 2 bridgehead atoms. The fraction of sp³-hybridized carbons (Fsp3) is 0.689. The van der Waals surface area contributed by atoms with E-state index in [9.17, 15) is 19.8 Å². The monoisotopic (exact) mass is 1380 g/mol. The van der Waals surface area contributed by atoms with Crippen molar-refractivity contribution in [3.8, 4) is 0 Å². The molecule has 9 heteroatoms. The largest absolute Gasteiger partial charge is 0.472 e. The molecule has 3 saturated heterocycles. The number of carbonyl (C=O) groups is 2. The molecule has 1 aromatic rings. The van der Waals surface area contributed by atoms with E-state index in [0.29, 0.717) is 53.5 Å². The molecule has 0 aromatic carbocycles. The highest BCUT2D eigenvalue weighted by Gasteiger charge is 2.49. The van der Waals surface area contributed by atoms with Gasteiger partial charge in [0.2, 0.25) is 0 Å². The minimum atomic E-state index is -0.702. The number of carbonyl (C=O) groups excluding carboxylic acids is 2. The fourth-order valence-electron chi connectivity index (χ4n) is 15.2. The second-order valence-corrected chi connectivity index (χ2v) is 34.0. The Hall–Kier alpha value is -4.64. The highest BCUT2D eigenvalue weighted by atomic mass is 16.5. The zero-order valence-corrected chi connectivity index (χ0v) is 68.0. The maximum Gasteiger partial charge on any atom is 0.308 e. The molecule has 9 unspecified atom stereocenters. The molecule has 4 saturated carbocycles. The first-order chi connectivity index (χ1) is 45.9. The number of aliphatic hydroxyl groups excluding tert-OH is 2. The van der Waals surface area contributed by atoms with Gasteiger partial charge in [0, 0.05) is 31.5 Å². The molecule has 1 aromatic heterocycles. The lowest BCUT2D eigenvalue weighted by Crippen LogP contribution is -2.53. The molecule has 8 aliphatic rings. The van der Waals surface area contributed by atoms with Gasteiger partial charge in [0.25, 0.3) is 0 Å². The van der Waals surface area contributed by atoms with Gasteiger partial charge in [-0.1, -0.05) is 146 Å². The van der Waals surface area contributed by atoms with Gasteiger partial charge >= 0.3 is 5.97 Å². The Kier molecular flexibility index (Phi) is 41.2. The molecule has 1 spiro atoms. The van der Waals surface area contributed by atoms with Crippen LogP contribution in [0.15, 0.2) is 154 Å². The fourth-order valence-corrected chi connectivity index (χ4v) is 15.2. The number of rotatable bonds is 20. The number of esters is 1. The first-order valence-electron chi connectivity index (χ1n) is 38.1. The van der Waals surface area contributed by atoms with Crippen LogP contribution in [0.1, 0.15) is 294 Å². The molecule has 99 heavy (non-hydrogen) atoms. The van der Waals surface area contributed by atoms with Crippen molar-refractivity contribution < 1.29 is 43.9 Å². The van der Waals surface area contributed by atoms with Crippen molar-refractivity contribution in [2.24, 2.45) is 64.1 Å². The Morgan fingerprint density at radius 3 is 1.77 bits per heavy atom. The SMILES string of the molecule is C=C(C)C(CO)CC=C(C)C.C=C(C)C1CCC1(C)CCO.C=CC(C)(O)CCC=C(C)C.C=CC(C=C(C)C)C(C)(C)O.CC(C)=CCC/C(C)=C/CCc1ccoc1.CC12CCC(CC1)C(C)(C)O2.CC1=CC(=O)CC(C)C12CCC(=C(C)C)C2.C[C@@H]1C(=O)OCC2C1CC[C@@H]2C. The van der Waals surface area contributed by atoms with Gasteiger partial charge in [0.05, 0.1) is 47.5 Å². The third-order valence-electron chi connectivity index (χ3n) is 22.6. The molecule has 4 heterocycles. The smallest absolute Gasteiger partial charge is 0.308 e. The van der Waals surface area contributed by atoms with Gasteiger partial charge in [-0.3, -0.25) is 9.59 Å². The number of aliphatic hydroxyl groups is 4.